The zero-order chi connectivity index (χ0) is 27.7. The summed E-state index contributed by atoms with van der Waals surface area (Å²) in [5.74, 6) is 1.69. The van der Waals surface area contributed by atoms with E-state index in [2.05, 4.69) is 5.32 Å². The number of halogens is 1. The van der Waals surface area contributed by atoms with Crippen molar-refractivity contribution in [1.82, 2.24) is 5.32 Å². The van der Waals surface area contributed by atoms with E-state index in [4.69, 9.17) is 47.5 Å². The molecule has 0 radical (unpaired) electrons. The van der Waals surface area contributed by atoms with Gasteiger partial charge in [-0.3, -0.25) is 8.92 Å². The van der Waals surface area contributed by atoms with Gasteiger partial charge < -0.3 is 38.7 Å². The minimum atomic E-state index is -3.84. The highest BCUT2D eigenvalue weighted by molar-refractivity contribution is 7.89. The van der Waals surface area contributed by atoms with E-state index >= 15 is 0 Å². The van der Waals surface area contributed by atoms with E-state index in [0.717, 1.165) is 11.3 Å². The van der Waals surface area contributed by atoms with Gasteiger partial charge in [-0.15, -0.1) is 12.4 Å². The van der Waals surface area contributed by atoms with Crippen molar-refractivity contribution in [2.45, 2.75) is 31.2 Å². The summed E-state index contributed by atoms with van der Waals surface area (Å²) in [6, 6.07) is 12.7. The quantitative estimate of drug-likeness (QED) is 0.143. The summed E-state index contributed by atoms with van der Waals surface area (Å²) in [6.45, 7) is 5.66. The summed E-state index contributed by atoms with van der Waals surface area (Å²) in [5.41, 5.74) is 0.854. The summed E-state index contributed by atoms with van der Waals surface area (Å²) < 4.78 is 57.3. The van der Waals surface area contributed by atoms with Crippen LogP contribution in [0.2, 0.25) is 0 Å². The topological polar surface area (TPSA) is 215 Å². The molecule has 0 heterocycles. The summed E-state index contributed by atoms with van der Waals surface area (Å²) in [7, 11) is -8.69. The number of nitrogens with one attached hydrogen (secondary N) is 1. The molecular weight excluding hydrogens is 568 g/mol. The number of hydrogen-bond acceptors (Lipinski definition) is 8. The molecule has 2 aromatic carbocycles. The number of rotatable bonds is 11. The third-order valence-electron chi connectivity index (χ3n) is 4.08. The van der Waals surface area contributed by atoms with Gasteiger partial charge in [-0.1, -0.05) is 18.2 Å². The predicted octanol–water partition coefficient (Wildman–Crippen LogP) is -0.464. The van der Waals surface area contributed by atoms with Crippen LogP contribution >= 0.6 is 12.4 Å². The highest BCUT2D eigenvalue weighted by Gasteiger charge is 2.16. The Morgan fingerprint density at radius 1 is 0.973 bits per heavy atom. The number of benzene rings is 2. The molecule has 0 saturated carbocycles. The number of hydrogen-bond donors (Lipinski definition) is 6. The zero-order valence-electron chi connectivity index (χ0n) is 20.5. The fourth-order valence-corrected chi connectivity index (χ4v) is 3.55. The Morgan fingerprint density at radius 3 is 1.95 bits per heavy atom. The Hall–Kier alpha value is -2.77. The molecule has 37 heavy (non-hydrogen) atoms. The first-order valence-corrected chi connectivity index (χ1v) is 14.6. The number of sulfonamides is 1. The van der Waals surface area contributed by atoms with Crippen molar-refractivity contribution in [3.63, 3.8) is 0 Å². The number of para-hydroxylation sites is 2. The lowest BCUT2D eigenvalue weighted by Crippen LogP contribution is -2.32. The molecule has 7 N–H and O–H groups in total. The maximum Gasteiger partial charge on any atom is 0.761 e. The third-order valence-corrected chi connectivity index (χ3v) is 5.01. The highest BCUT2D eigenvalue weighted by Crippen LogP contribution is 2.26. The normalized spacial score (nSPS) is 10.7. The molecule has 17 heteroatoms. The molecule has 0 unspecified atom stereocenters. The standard InChI is InChI=1S/C20H28N2O5S.ClH.2H2O3Si/c1-4-26-17-7-5-6-8-18(17)27-12-11-22-15(2)13-16-9-10-19(25-3)20(14-16)28(21,23)24;;2*1-4(2)3/h5-10,14-15,22H,4,11-13H2,1-3H3,(H2,21,23,24);1H;2*1-2H/t15-;;;/m1.../s1. The molecule has 13 nitrogen and oxygen atoms in total. The second kappa shape index (κ2) is 19.4. The molecule has 210 valence electrons. The first-order valence-electron chi connectivity index (χ1n) is 10.4. The highest BCUT2D eigenvalue weighted by atomic mass is 35.5. The van der Waals surface area contributed by atoms with Crippen LogP contribution in [-0.2, 0) is 25.4 Å². The van der Waals surface area contributed by atoms with Crippen molar-refractivity contribution in [2.24, 2.45) is 5.14 Å². The van der Waals surface area contributed by atoms with Crippen molar-refractivity contribution in [3.8, 4) is 17.2 Å². The first kappa shape index (κ1) is 36.4. The predicted molar refractivity (Wildman–Crippen MR) is 138 cm³/mol. The van der Waals surface area contributed by atoms with Gasteiger partial charge in [0.05, 0.1) is 13.7 Å². The van der Waals surface area contributed by atoms with E-state index in [1.54, 1.807) is 12.1 Å². The van der Waals surface area contributed by atoms with Crippen LogP contribution in [0, 0.1) is 0 Å². The number of methoxy groups -OCH3 is 1. The van der Waals surface area contributed by atoms with Crippen molar-refractivity contribution >= 4 is 40.8 Å². The van der Waals surface area contributed by atoms with Gasteiger partial charge in [-0.25, -0.2) is 13.6 Å². The Labute approximate surface area is 225 Å². The molecule has 0 aliphatic carbocycles. The zero-order valence-corrected chi connectivity index (χ0v) is 24.1. The van der Waals surface area contributed by atoms with Gasteiger partial charge in [0, 0.05) is 12.6 Å². The molecule has 2 rings (SSSR count). The smallest absolute Gasteiger partial charge is 0.511 e. The van der Waals surface area contributed by atoms with Crippen LogP contribution in [-0.4, -0.2) is 78.9 Å². The summed E-state index contributed by atoms with van der Waals surface area (Å²) in [4.78, 5) is 28.6. The van der Waals surface area contributed by atoms with E-state index in [-0.39, 0.29) is 29.1 Å². The molecule has 0 spiro atoms. The van der Waals surface area contributed by atoms with Crippen molar-refractivity contribution in [1.29, 1.82) is 0 Å². The molecule has 0 bridgehead atoms. The van der Waals surface area contributed by atoms with Crippen LogP contribution in [0.15, 0.2) is 47.4 Å². The van der Waals surface area contributed by atoms with Crippen LogP contribution in [0.4, 0.5) is 0 Å². The lowest BCUT2D eigenvalue weighted by molar-refractivity contribution is 0.272. The van der Waals surface area contributed by atoms with Gasteiger partial charge in [0.15, 0.2) is 11.5 Å². The summed E-state index contributed by atoms with van der Waals surface area (Å²) in [6.07, 6.45) is 0.641. The molecule has 0 fully saturated rings. The third kappa shape index (κ3) is 17.3. The summed E-state index contributed by atoms with van der Waals surface area (Å²) in [5, 5.41) is 8.63. The molecule has 0 aromatic heterocycles. The maximum absolute atomic E-state index is 11.7. The number of ether oxygens (including phenoxy) is 3. The minimum Gasteiger partial charge on any atom is -0.511 e. The van der Waals surface area contributed by atoms with Crippen molar-refractivity contribution < 1.29 is 50.7 Å². The van der Waals surface area contributed by atoms with E-state index in [1.165, 1.54) is 7.11 Å². The fraction of sp³-hybridized carbons (Fsp3) is 0.400. The molecule has 2 aromatic rings. The second-order valence-corrected chi connectivity index (χ2v) is 9.54. The Bertz CT molecular complexity index is 1060. The number of nitrogens with two attached hydrogens (primary N) is 1. The SMILES string of the molecule is CCOc1ccccc1OCCN[C@H](C)Cc1ccc(OC)c(S(N)(=O)=O)c1.Cl.O=[Si](O)O.O=[Si](O)O. The Morgan fingerprint density at radius 2 is 1.49 bits per heavy atom. The molecule has 0 aliphatic rings. The lowest BCUT2D eigenvalue weighted by atomic mass is 10.1. The molecular formula is C20H33ClN2O11SSi2. The van der Waals surface area contributed by atoms with Crippen LogP contribution in [0.5, 0.6) is 17.2 Å². The lowest BCUT2D eigenvalue weighted by Gasteiger charge is -2.16. The average molecular weight is 601 g/mol. The fourth-order valence-electron chi connectivity index (χ4n) is 2.81. The van der Waals surface area contributed by atoms with Crippen molar-refractivity contribution in [2.75, 3.05) is 26.9 Å². The molecule has 0 aliphatic heterocycles. The number of primary sulfonamides is 1. The maximum atomic E-state index is 11.7. The van der Waals surface area contributed by atoms with Gasteiger partial charge in [0.1, 0.15) is 17.3 Å². The van der Waals surface area contributed by atoms with E-state index < -0.39 is 28.4 Å². The minimum absolute atomic E-state index is 0. The van der Waals surface area contributed by atoms with Crippen LogP contribution < -0.4 is 24.7 Å². The van der Waals surface area contributed by atoms with E-state index in [0.29, 0.717) is 31.9 Å². The first-order chi connectivity index (χ1) is 16.8. The van der Waals surface area contributed by atoms with Gasteiger partial charge in [-0.2, -0.15) is 0 Å². The van der Waals surface area contributed by atoms with Crippen LogP contribution in [0.3, 0.4) is 0 Å². The van der Waals surface area contributed by atoms with Gasteiger partial charge in [0.25, 0.3) is 0 Å². The van der Waals surface area contributed by atoms with Crippen molar-refractivity contribution in [3.05, 3.63) is 48.0 Å². The largest absolute Gasteiger partial charge is 0.761 e. The molecule has 0 saturated heterocycles. The van der Waals surface area contributed by atoms with Gasteiger partial charge >= 0.3 is 18.3 Å². The van der Waals surface area contributed by atoms with Crippen LogP contribution in [0.1, 0.15) is 19.4 Å². The van der Waals surface area contributed by atoms with Crippen LogP contribution in [0.25, 0.3) is 0 Å². The van der Waals surface area contributed by atoms with Gasteiger partial charge in [-0.05, 0) is 50.1 Å². The Kier molecular flexibility index (Phi) is 19.0. The average Bonchev–Trinajstić information content (AvgIpc) is 2.76. The van der Waals surface area contributed by atoms with Gasteiger partial charge in [0.2, 0.25) is 10.0 Å². The summed E-state index contributed by atoms with van der Waals surface area (Å²) >= 11 is 0. The monoisotopic (exact) mass is 600 g/mol. The molecule has 0 amide bonds. The second-order valence-electron chi connectivity index (χ2n) is 6.88. The molecule has 1 atom stereocenters. The Balaban J connectivity index is 0. The van der Waals surface area contributed by atoms with E-state index in [9.17, 15) is 8.42 Å². The van der Waals surface area contributed by atoms with E-state index in [1.807, 2.05) is 44.2 Å².